The Morgan fingerprint density at radius 2 is 2.19 bits per heavy atom. The third-order valence-corrected chi connectivity index (χ3v) is 4.05. The van der Waals surface area contributed by atoms with E-state index in [0.29, 0.717) is 6.10 Å². The molecule has 4 heteroatoms. The van der Waals surface area contributed by atoms with E-state index in [-0.39, 0.29) is 12.4 Å². The zero-order chi connectivity index (χ0) is 13.8. The maximum absolute atomic E-state index is 5.65. The molecule has 1 aromatic carbocycles. The van der Waals surface area contributed by atoms with Crippen LogP contribution in [-0.4, -0.2) is 23.8 Å². The fourth-order valence-electron chi connectivity index (χ4n) is 3.06. The quantitative estimate of drug-likeness (QED) is 0.880. The van der Waals surface area contributed by atoms with Gasteiger partial charge < -0.3 is 14.6 Å². The van der Waals surface area contributed by atoms with E-state index in [4.69, 9.17) is 4.74 Å². The minimum Gasteiger partial charge on any atom is -0.377 e. The molecule has 1 aliphatic rings. The summed E-state index contributed by atoms with van der Waals surface area (Å²) in [6.07, 6.45) is 6.30. The summed E-state index contributed by atoms with van der Waals surface area (Å²) in [6, 6.07) is 8.69. The molecule has 0 bridgehead atoms. The topological polar surface area (TPSA) is 26.2 Å². The van der Waals surface area contributed by atoms with Crippen molar-refractivity contribution in [2.24, 2.45) is 0 Å². The van der Waals surface area contributed by atoms with Crippen LogP contribution >= 0.6 is 12.4 Å². The Kier molecular flexibility index (Phi) is 6.09. The Labute approximate surface area is 133 Å². The zero-order valence-corrected chi connectivity index (χ0v) is 13.5. The predicted octanol–water partition coefficient (Wildman–Crippen LogP) is 3.74. The van der Waals surface area contributed by atoms with Crippen molar-refractivity contribution in [2.45, 2.75) is 45.4 Å². The van der Waals surface area contributed by atoms with Crippen LogP contribution in [0, 0.1) is 0 Å². The first-order valence-corrected chi connectivity index (χ1v) is 7.77. The standard InChI is InChI=1S/C17H24N2O.ClH/c1-2-9-19-13-14(16-7-3-4-8-17(16)19)11-18-12-15-6-5-10-20-15;/h3-4,7-8,13,15,18H,2,5-6,9-12H2,1H3;1H. The summed E-state index contributed by atoms with van der Waals surface area (Å²) in [6.45, 7) is 6.14. The molecule has 0 spiro atoms. The van der Waals surface area contributed by atoms with Crippen LogP contribution in [0.25, 0.3) is 10.9 Å². The molecule has 116 valence electrons. The molecule has 0 aliphatic carbocycles. The fourth-order valence-corrected chi connectivity index (χ4v) is 3.06. The van der Waals surface area contributed by atoms with Crippen molar-refractivity contribution < 1.29 is 4.74 Å². The van der Waals surface area contributed by atoms with Gasteiger partial charge in [0.25, 0.3) is 0 Å². The number of aromatic nitrogens is 1. The van der Waals surface area contributed by atoms with Gasteiger partial charge in [0.1, 0.15) is 0 Å². The molecule has 0 radical (unpaired) electrons. The van der Waals surface area contributed by atoms with Gasteiger partial charge in [-0.05, 0) is 30.9 Å². The number of hydrogen-bond donors (Lipinski definition) is 1. The van der Waals surface area contributed by atoms with E-state index < -0.39 is 0 Å². The number of halogens is 1. The molecule has 1 unspecified atom stereocenters. The van der Waals surface area contributed by atoms with Gasteiger partial charge >= 0.3 is 0 Å². The Hall–Kier alpha value is -1.03. The molecule has 1 atom stereocenters. The summed E-state index contributed by atoms with van der Waals surface area (Å²) >= 11 is 0. The number of fused-ring (bicyclic) bond motifs is 1. The van der Waals surface area contributed by atoms with E-state index >= 15 is 0 Å². The van der Waals surface area contributed by atoms with Crippen LogP contribution in [-0.2, 0) is 17.8 Å². The Morgan fingerprint density at radius 3 is 2.95 bits per heavy atom. The second-order valence-electron chi connectivity index (χ2n) is 5.63. The molecule has 1 N–H and O–H groups in total. The van der Waals surface area contributed by atoms with E-state index in [2.05, 4.69) is 47.3 Å². The number of para-hydroxylation sites is 1. The normalized spacial score (nSPS) is 18.0. The van der Waals surface area contributed by atoms with Crippen molar-refractivity contribution in [2.75, 3.05) is 13.2 Å². The molecule has 1 aromatic heterocycles. The number of ether oxygens (including phenoxy) is 1. The van der Waals surface area contributed by atoms with Gasteiger partial charge in [-0.1, -0.05) is 25.1 Å². The third-order valence-electron chi connectivity index (χ3n) is 4.05. The summed E-state index contributed by atoms with van der Waals surface area (Å²) in [5.41, 5.74) is 2.75. The highest BCUT2D eigenvalue weighted by atomic mass is 35.5. The van der Waals surface area contributed by atoms with Crippen molar-refractivity contribution in [3.05, 3.63) is 36.0 Å². The number of rotatable bonds is 6. The second kappa shape index (κ2) is 7.83. The lowest BCUT2D eigenvalue weighted by Crippen LogP contribution is -2.25. The van der Waals surface area contributed by atoms with Crippen LogP contribution in [0.3, 0.4) is 0 Å². The first-order chi connectivity index (χ1) is 9.88. The van der Waals surface area contributed by atoms with Gasteiger partial charge in [-0.25, -0.2) is 0 Å². The minimum absolute atomic E-state index is 0. The molecule has 0 amide bonds. The molecule has 2 aromatic rings. The van der Waals surface area contributed by atoms with Gasteiger partial charge in [0.15, 0.2) is 0 Å². The van der Waals surface area contributed by atoms with Crippen molar-refractivity contribution in [3.63, 3.8) is 0 Å². The average Bonchev–Trinajstić information content (AvgIpc) is 3.09. The van der Waals surface area contributed by atoms with Gasteiger partial charge in [-0.2, -0.15) is 0 Å². The highest BCUT2D eigenvalue weighted by Gasteiger charge is 2.15. The van der Waals surface area contributed by atoms with Crippen LogP contribution in [0.15, 0.2) is 30.5 Å². The molecule has 3 rings (SSSR count). The lowest BCUT2D eigenvalue weighted by molar-refractivity contribution is 0.110. The van der Waals surface area contributed by atoms with E-state index in [9.17, 15) is 0 Å². The Morgan fingerprint density at radius 1 is 1.33 bits per heavy atom. The van der Waals surface area contributed by atoms with Crippen molar-refractivity contribution in [3.8, 4) is 0 Å². The van der Waals surface area contributed by atoms with E-state index in [0.717, 1.165) is 26.2 Å². The largest absolute Gasteiger partial charge is 0.377 e. The predicted molar refractivity (Wildman–Crippen MR) is 90.2 cm³/mol. The van der Waals surface area contributed by atoms with Crippen LogP contribution in [0.2, 0.25) is 0 Å². The maximum atomic E-state index is 5.65. The van der Waals surface area contributed by atoms with Crippen LogP contribution in [0.4, 0.5) is 0 Å². The number of nitrogens with zero attached hydrogens (tertiary/aromatic N) is 1. The number of aryl methyl sites for hydroxylation is 1. The van der Waals surface area contributed by atoms with Crippen LogP contribution in [0.1, 0.15) is 31.7 Å². The lowest BCUT2D eigenvalue weighted by atomic mass is 10.1. The van der Waals surface area contributed by atoms with Crippen LogP contribution < -0.4 is 5.32 Å². The SMILES string of the molecule is CCCn1cc(CNCC2CCCO2)c2ccccc21.Cl. The molecule has 0 saturated carbocycles. The highest BCUT2D eigenvalue weighted by Crippen LogP contribution is 2.21. The van der Waals surface area contributed by atoms with E-state index in [1.165, 1.54) is 35.7 Å². The van der Waals surface area contributed by atoms with Crippen molar-refractivity contribution in [1.29, 1.82) is 0 Å². The molecular weight excluding hydrogens is 284 g/mol. The fraction of sp³-hybridized carbons (Fsp3) is 0.529. The van der Waals surface area contributed by atoms with Gasteiger partial charge in [0.05, 0.1) is 6.10 Å². The van der Waals surface area contributed by atoms with Crippen LogP contribution in [0.5, 0.6) is 0 Å². The van der Waals surface area contributed by atoms with Gasteiger partial charge in [-0.15, -0.1) is 12.4 Å². The molecular formula is C17H25ClN2O. The zero-order valence-electron chi connectivity index (χ0n) is 12.7. The molecule has 21 heavy (non-hydrogen) atoms. The summed E-state index contributed by atoms with van der Waals surface area (Å²) in [5, 5.41) is 4.93. The molecule has 3 nitrogen and oxygen atoms in total. The Bertz CT molecular complexity index is 561. The third kappa shape index (κ3) is 3.79. The van der Waals surface area contributed by atoms with Gasteiger partial charge in [-0.3, -0.25) is 0 Å². The van der Waals surface area contributed by atoms with Crippen molar-refractivity contribution >= 4 is 23.3 Å². The second-order valence-corrected chi connectivity index (χ2v) is 5.63. The monoisotopic (exact) mass is 308 g/mol. The summed E-state index contributed by atoms with van der Waals surface area (Å²) in [4.78, 5) is 0. The van der Waals surface area contributed by atoms with Gasteiger partial charge in [0, 0.05) is 43.3 Å². The van der Waals surface area contributed by atoms with E-state index in [1.54, 1.807) is 0 Å². The van der Waals surface area contributed by atoms with Crippen molar-refractivity contribution in [1.82, 2.24) is 9.88 Å². The molecule has 1 aliphatic heterocycles. The summed E-state index contributed by atoms with van der Waals surface area (Å²) in [7, 11) is 0. The molecule has 1 saturated heterocycles. The summed E-state index contributed by atoms with van der Waals surface area (Å²) < 4.78 is 8.03. The lowest BCUT2D eigenvalue weighted by Gasteiger charge is -2.10. The van der Waals surface area contributed by atoms with Gasteiger partial charge in [0.2, 0.25) is 0 Å². The summed E-state index contributed by atoms with van der Waals surface area (Å²) in [5.74, 6) is 0. The van der Waals surface area contributed by atoms with E-state index in [1.807, 2.05) is 0 Å². The molecule has 2 heterocycles. The highest BCUT2D eigenvalue weighted by molar-refractivity contribution is 5.85. The number of benzene rings is 1. The smallest absolute Gasteiger partial charge is 0.0700 e. The first-order valence-electron chi connectivity index (χ1n) is 7.77. The number of nitrogens with one attached hydrogen (secondary N) is 1. The maximum Gasteiger partial charge on any atom is 0.0700 e. The first kappa shape index (κ1) is 16.3. The molecule has 1 fully saturated rings. The number of hydrogen-bond acceptors (Lipinski definition) is 2. The minimum atomic E-state index is 0. The Balaban J connectivity index is 0.00000161. The average molecular weight is 309 g/mol.